The summed E-state index contributed by atoms with van der Waals surface area (Å²) < 4.78 is 5.70. The highest BCUT2D eigenvalue weighted by atomic mass is 32.1. The van der Waals surface area contributed by atoms with Gasteiger partial charge >= 0.3 is 0 Å². The molecule has 1 heterocycles. The Morgan fingerprint density at radius 2 is 2.11 bits per heavy atom. The molecule has 0 fully saturated rings. The summed E-state index contributed by atoms with van der Waals surface area (Å²) in [7, 11) is 0. The monoisotopic (exact) mass is 271 g/mol. The van der Waals surface area contributed by atoms with Gasteiger partial charge in [-0.2, -0.15) is 5.10 Å². The Hall–Kier alpha value is -2.14. The van der Waals surface area contributed by atoms with E-state index in [4.69, 9.17) is 22.7 Å². The molecule has 3 N–H and O–H groups in total. The van der Waals surface area contributed by atoms with Gasteiger partial charge in [-0.25, -0.2) is 0 Å². The van der Waals surface area contributed by atoms with E-state index in [1.54, 1.807) is 0 Å². The zero-order chi connectivity index (χ0) is 13.2. The molecule has 0 saturated heterocycles. The second kappa shape index (κ2) is 4.85. The quantitative estimate of drug-likeness (QED) is 0.616. The number of nitrogens with two attached hydrogens (primary N) is 1. The fourth-order valence-electron chi connectivity index (χ4n) is 2.29. The highest BCUT2D eigenvalue weighted by Crippen LogP contribution is 2.32. The minimum Gasteiger partial charge on any atom is -0.492 e. The number of ether oxygens (including phenoxy) is 1. The molecule has 0 aliphatic carbocycles. The molecule has 19 heavy (non-hydrogen) atoms. The molecule has 0 amide bonds. The van der Waals surface area contributed by atoms with Crippen molar-refractivity contribution in [3.63, 3.8) is 0 Å². The predicted molar refractivity (Wildman–Crippen MR) is 80.5 cm³/mol. The number of hydrogen-bond donors (Lipinski definition) is 2. The fourth-order valence-corrected chi connectivity index (χ4v) is 2.33. The Balaban J connectivity index is 2.18. The van der Waals surface area contributed by atoms with E-state index >= 15 is 0 Å². The second-order valence-corrected chi connectivity index (χ2v) is 4.73. The minimum absolute atomic E-state index is 0.167. The Bertz CT molecular complexity index is 681. The maximum absolute atomic E-state index is 5.70. The first kappa shape index (κ1) is 11.9. The van der Waals surface area contributed by atoms with E-state index in [0.717, 1.165) is 34.2 Å². The van der Waals surface area contributed by atoms with Crippen molar-refractivity contribution in [3.05, 3.63) is 42.0 Å². The van der Waals surface area contributed by atoms with Crippen LogP contribution in [0.25, 0.3) is 10.8 Å². The molecule has 1 aliphatic rings. The standard InChI is InChI=1S/C14H13N3OS/c15-14(19)17-16-11-7-8-18-12-6-5-9-3-1-2-4-10(9)13(11)12/h1-6H,7-8H2,(H3,15,17,19)/b16-11-. The largest absolute Gasteiger partial charge is 0.492 e. The maximum Gasteiger partial charge on any atom is 0.184 e. The summed E-state index contributed by atoms with van der Waals surface area (Å²) in [5.41, 5.74) is 10.0. The van der Waals surface area contributed by atoms with Crippen LogP contribution >= 0.6 is 12.2 Å². The van der Waals surface area contributed by atoms with Gasteiger partial charge in [0.1, 0.15) is 5.75 Å². The number of rotatable bonds is 1. The maximum atomic E-state index is 5.70. The average Bonchev–Trinajstić information content (AvgIpc) is 2.44. The second-order valence-electron chi connectivity index (χ2n) is 4.29. The van der Waals surface area contributed by atoms with Crippen LogP contribution in [0.15, 0.2) is 41.5 Å². The molecule has 0 radical (unpaired) electrons. The smallest absolute Gasteiger partial charge is 0.184 e. The Morgan fingerprint density at radius 3 is 2.95 bits per heavy atom. The van der Waals surface area contributed by atoms with Crippen LogP contribution in [0.4, 0.5) is 0 Å². The van der Waals surface area contributed by atoms with E-state index in [1.165, 1.54) is 0 Å². The molecular weight excluding hydrogens is 258 g/mol. The van der Waals surface area contributed by atoms with Gasteiger partial charge in [-0.1, -0.05) is 30.3 Å². The first-order valence-electron chi connectivity index (χ1n) is 6.02. The average molecular weight is 271 g/mol. The van der Waals surface area contributed by atoms with E-state index in [-0.39, 0.29) is 5.11 Å². The number of nitrogens with one attached hydrogen (secondary N) is 1. The van der Waals surface area contributed by atoms with Crippen LogP contribution in [0.2, 0.25) is 0 Å². The zero-order valence-corrected chi connectivity index (χ0v) is 11.0. The summed E-state index contributed by atoms with van der Waals surface area (Å²) in [5.74, 6) is 0.855. The molecule has 2 aromatic rings. The minimum atomic E-state index is 0.167. The van der Waals surface area contributed by atoms with Gasteiger partial charge in [-0.05, 0) is 29.1 Å². The van der Waals surface area contributed by atoms with E-state index < -0.39 is 0 Å². The van der Waals surface area contributed by atoms with E-state index in [1.807, 2.05) is 18.2 Å². The Kier molecular flexibility index (Phi) is 3.05. The molecular formula is C14H13N3OS. The normalized spacial score (nSPS) is 15.9. The third-order valence-electron chi connectivity index (χ3n) is 3.08. The molecule has 0 spiro atoms. The first-order valence-corrected chi connectivity index (χ1v) is 6.43. The molecule has 1 aliphatic heterocycles. The van der Waals surface area contributed by atoms with Gasteiger partial charge in [-0.15, -0.1) is 0 Å². The SMILES string of the molecule is NC(=S)N/N=C1/CCOc2ccc3ccccc3c21. The van der Waals surface area contributed by atoms with Crippen molar-refractivity contribution >= 4 is 33.8 Å². The summed E-state index contributed by atoms with van der Waals surface area (Å²) in [4.78, 5) is 0. The van der Waals surface area contributed by atoms with Crippen molar-refractivity contribution in [3.8, 4) is 5.75 Å². The predicted octanol–water partition coefficient (Wildman–Crippen LogP) is 2.16. The van der Waals surface area contributed by atoms with Crippen molar-refractivity contribution in [1.82, 2.24) is 5.43 Å². The van der Waals surface area contributed by atoms with Gasteiger partial charge in [0.05, 0.1) is 12.3 Å². The van der Waals surface area contributed by atoms with Crippen LogP contribution in [-0.4, -0.2) is 17.4 Å². The lowest BCUT2D eigenvalue weighted by Crippen LogP contribution is -2.27. The van der Waals surface area contributed by atoms with Gasteiger partial charge in [0, 0.05) is 12.0 Å². The van der Waals surface area contributed by atoms with Gasteiger partial charge in [-0.3, -0.25) is 5.43 Å². The Morgan fingerprint density at radius 1 is 1.26 bits per heavy atom. The molecule has 4 nitrogen and oxygen atoms in total. The number of fused-ring (bicyclic) bond motifs is 3. The van der Waals surface area contributed by atoms with Crippen LogP contribution in [-0.2, 0) is 0 Å². The summed E-state index contributed by atoms with van der Waals surface area (Å²) in [5, 5.41) is 6.75. The van der Waals surface area contributed by atoms with E-state index in [2.05, 4.69) is 28.7 Å². The number of hydrazone groups is 1. The van der Waals surface area contributed by atoms with Gasteiger partial charge in [0.2, 0.25) is 0 Å². The highest BCUT2D eigenvalue weighted by molar-refractivity contribution is 7.80. The molecule has 3 rings (SSSR count). The van der Waals surface area contributed by atoms with Crippen LogP contribution < -0.4 is 15.9 Å². The molecule has 2 aromatic carbocycles. The van der Waals surface area contributed by atoms with Crippen LogP contribution in [0.1, 0.15) is 12.0 Å². The number of hydrogen-bond acceptors (Lipinski definition) is 3. The van der Waals surface area contributed by atoms with Crippen LogP contribution in [0.3, 0.4) is 0 Å². The highest BCUT2D eigenvalue weighted by Gasteiger charge is 2.19. The number of thiocarbonyl (C=S) groups is 1. The van der Waals surface area contributed by atoms with Crippen molar-refractivity contribution < 1.29 is 4.74 Å². The molecule has 0 atom stereocenters. The van der Waals surface area contributed by atoms with Crippen molar-refractivity contribution in [2.24, 2.45) is 10.8 Å². The van der Waals surface area contributed by atoms with Gasteiger partial charge in [0.15, 0.2) is 5.11 Å². The van der Waals surface area contributed by atoms with Gasteiger partial charge < -0.3 is 10.5 Å². The van der Waals surface area contributed by atoms with Crippen LogP contribution in [0, 0.1) is 0 Å². The number of nitrogens with zero attached hydrogens (tertiary/aromatic N) is 1. The lowest BCUT2D eigenvalue weighted by molar-refractivity contribution is 0.321. The zero-order valence-electron chi connectivity index (χ0n) is 10.2. The van der Waals surface area contributed by atoms with E-state index in [9.17, 15) is 0 Å². The molecule has 0 saturated carbocycles. The molecule has 0 bridgehead atoms. The molecule has 96 valence electrons. The van der Waals surface area contributed by atoms with Crippen molar-refractivity contribution in [2.75, 3.05) is 6.61 Å². The third kappa shape index (κ3) is 2.24. The summed E-state index contributed by atoms with van der Waals surface area (Å²) >= 11 is 4.79. The van der Waals surface area contributed by atoms with Crippen LogP contribution in [0.5, 0.6) is 5.75 Å². The molecule has 5 heteroatoms. The summed E-state index contributed by atoms with van der Waals surface area (Å²) in [6.45, 7) is 0.614. The van der Waals surface area contributed by atoms with Crippen molar-refractivity contribution in [1.29, 1.82) is 0 Å². The summed E-state index contributed by atoms with van der Waals surface area (Å²) in [6.07, 6.45) is 0.733. The van der Waals surface area contributed by atoms with Gasteiger partial charge in [0.25, 0.3) is 0 Å². The topological polar surface area (TPSA) is 59.6 Å². The fraction of sp³-hybridized carbons (Fsp3) is 0.143. The molecule has 0 aromatic heterocycles. The lowest BCUT2D eigenvalue weighted by Gasteiger charge is -2.20. The lowest BCUT2D eigenvalue weighted by atomic mass is 9.97. The summed E-state index contributed by atoms with van der Waals surface area (Å²) in [6, 6.07) is 12.2. The first-order chi connectivity index (χ1) is 9.25. The number of benzene rings is 2. The van der Waals surface area contributed by atoms with Crippen molar-refractivity contribution in [2.45, 2.75) is 6.42 Å². The van der Waals surface area contributed by atoms with E-state index in [0.29, 0.717) is 6.61 Å². The Labute approximate surface area is 116 Å². The third-order valence-corrected chi connectivity index (χ3v) is 3.17. The molecule has 0 unspecified atom stereocenters.